The van der Waals surface area contributed by atoms with E-state index in [-0.39, 0.29) is 0 Å². The standard InChI is InChI=1S/C13H16N4/c1-9-5-12(14)8-17-13(9)16-7-11-4-3-10(2)15-6-11/h3-6,8H,7,14H2,1-2H3,(H,16,17). The Morgan fingerprint density at radius 2 is 2.00 bits per heavy atom. The second kappa shape index (κ2) is 4.82. The topological polar surface area (TPSA) is 63.8 Å². The Labute approximate surface area is 101 Å². The number of nitrogens with zero attached hydrogens (tertiary/aromatic N) is 2. The van der Waals surface area contributed by atoms with Gasteiger partial charge in [0.15, 0.2) is 0 Å². The van der Waals surface area contributed by atoms with Crippen molar-refractivity contribution in [3.05, 3.63) is 47.4 Å². The number of rotatable bonds is 3. The smallest absolute Gasteiger partial charge is 0.129 e. The van der Waals surface area contributed by atoms with Crippen molar-refractivity contribution in [2.45, 2.75) is 20.4 Å². The molecule has 0 fully saturated rings. The molecule has 0 saturated heterocycles. The van der Waals surface area contributed by atoms with Crippen LogP contribution in [0.15, 0.2) is 30.6 Å². The van der Waals surface area contributed by atoms with E-state index in [9.17, 15) is 0 Å². The summed E-state index contributed by atoms with van der Waals surface area (Å²) in [5.41, 5.74) is 9.54. The van der Waals surface area contributed by atoms with Crippen LogP contribution < -0.4 is 11.1 Å². The van der Waals surface area contributed by atoms with Crippen LogP contribution in [0.2, 0.25) is 0 Å². The van der Waals surface area contributed by atoms with Crippen LogP contribution in [-0.4, -0.2) is 9.97 Å². The van der Waals surface area contributed by atoms with Crippen LogP contribution in [0.1, 0.15) is 16.8 Å². The molecule has 3 N–H and O–H groups in total. The van der Waals surface area contributed by atoms with Crippen LogP contribution in [0.3, 0.4) is 0 Å². The second-order valence-electron chi connectivity index (χ2n) is 4.10. The Balaban J connectivity index is 2.04. The summed E-state index contributed by atoms with van der Waals surface area (Å²) in [6.07, 6.45) is 3.53. The highest BCUT2D eigenvalue weighted by Crippen LogP contribution is 2.14. The third-order valence-corrected chi connectivity index (χ3v) is 2.53. The van der Waals surface area contributed by atoms with Gasteiger partial charge in [0, 0.05) is 18.4 Å². The van der Waals surface area contributed by atoms with Gasteiger partial charge in [0.25, 0.3) is 0 Å². The zero-order valence-corrected chi connectivity index (χ0v) is 10.1. The third kappa shape index (κ3) is 2.93. The number of nitrogens with one attached hydrogen (secondary N) is 1. The van der Waals surface area contributed by atoms with E-state index in [1.807, 2.05) is 32.2 Å². The van der Waals surface area contributed by atoms with Gasteiger partial charge in [-0.25, -0.2) is 4.98 Å². The molecule has 0 aliphatic carbocycles. The molecule has 2 rings (SSSR count). The average Bonchev–Trinajstić information content (AvgIpc) is 2.30. The van der Waals surface area contributed by atoms with E-state index in [4.69, 9.17) is 5.73 Å². The van der Waals surface area contributed by atoms with Crippen molar-refractivity contribution in [3.63, 3.8) is 0 Å². The Morgan fingerprint density at radius 3 is 2.65 bits per heavy atom. The predicted octanol–water partition coefficient (Wildman–Crippen LogP) is 2.29. The SMILES string of the molecule is Cc1ccc(CNc2ncc(N)cc2C)cn1. The first-order chi connectivity index (χ1) is 8.15. The summed E-state index contributed by atoms with van der Waals surface area (Å²) in [6.45, 7) is 4.67. The van der Waals surface area contributed by atoms with Crippen LogP contribution in [0.4, 0.5) is 11.5 Å². The van der Waals surface area contributed by atoms with E-state index in [2.05, 4.69) is 21.4 Å². The zero-order valence-electron chi connectivity index (χ0n) is 10.1. The Morgan fingerprint density at radius 1 is 1.18 bits per heavy atom. The molecule has 4 nitrogen and oxygen atoms in total. The summed E-state index contributed by atoms with van der Waals surface area (Å²) in [6, 6.07) is 5.96. The maximum Gasteiger partial charge on any atom is 0.129 e. The van der Waals surface area contributed by atoms with Crippen molar-refractivity contribution in [2.75, 3.05) is 11.1 Å². The number of aryl methyl sites for hydroxylation is 2. The minimum atomic E-state index is 0.685. The summed E-state index contributed by atoms with van der Waals surface area (Å²) in [4.78, 5) is 8.50. The summed E-state index contributed by atoms with van der Waals surface area (Å²) in [7, 11) is 0. The fourth-order valence-electron chi connectivity index (χ4n) is 1.57. The maximum absolute atomic E-state index is 5.65. The highest BCUT2D eigenvalue weighted by molar-refractivity contribution is 5.50. The Kier molecular flexibility index (Phi) is 3.23. The molecule has 0 aromatic carbocycles. The number of aromatic nitrogens is 2. The van der Waals surface area contributed by atoms with E-state index in [0.717, 1.165) is 22.6 Å². The zero-order chi connectivity index (χ0) is 12.3. The van der Waals surface area contributed by atoms with E-state index in [1.54, 1.807) is 6.20 Å². The summed E-state index contributed by atoms with van der Waals surface area (Å²) < 4.78 is 0. The third-order valence-electron chi connectivity index (χ3n) is 2.53. The largest absolute Gasteiger partial charge is 0.397 e. The van der Waals surface area contributed by atoms with Gasteiger partial charge in [-0.1, -0.05) is 6.07 Å². The molecule has 0 bridgehead atoms. The van der Waals surface area contributed by atoms with Gasteiger partial charge in [0.1, 0.15) is 5.82 Å². The number of anilines is 2. The monoisotopic (exact) mass is 228 g/mol. The predicted molar refractivity (Wildman–Crippen MR) is 69.7 cm³/mol. The average molecular weight is 228 g/mol. The van der Waals surface area contributed by atoms with Crippen molar-refractivity contribution in [3.8, 4) is 0 Å². The lowest BCUT2D eigenvalue weighted by atomic mass is 10.2. The molecule has 4 heteroatoms. The maximum atomic E-state index is 5.65. The number of hydrogen-bond donors (Lipinski definition) is 2. The molecule has 0 amide bonds. The molecule has 2 aromatic rings. The molecule has 88 valence electrons. The number of hydrogen-bond acceptors (Lipinski definition) is 4. The van der Waals surface area contributed by atoms with Crippen molar-refractivity contribution in [2.24, 2.45) is 0 Å². The quantitative estimate of drug-likeness (QED) is 0.846. The molecule has 0 radical (unpaired) electrons. The van der Waals surface area contributed by atoms with Gasteiger partial charge < -0.3 is 11.1 Å². The summed E-state index contributed by atoms with van der Waals surface area (Å²) >= 11 is 0. The van der Waals surface area contributed by atoms with Gasteiger partial charge >= 0.3 is 0 Å². The Bertz CT molecular complexity index is 505. The van der Waals surface area contributed by atoms with E-state index in [0.29, 0.717) is 12.2 Å². The van der Waals surface area contributed by atoms with Crippen molar-refractivity contribution in [1.29, 1.82) is 0 Å². The van der Waals surface area contributed by atoms with Gasteiger partial charge in [-0.3, -0.25) is 4.98 Å². The lowest BCUT2D eigenvalue weighted by Crippen LogP contribution is -2.04. The normalized spacial score (nSPS) is 10.2. The van der Waals surface area contributed by atoms with Crippen LogP contribution in [0, 0.1) is 13.8 Å². The lowest BCUT2D eigenvalue weighted by molar-refractivity contribution is 1.06. The molecule has 0 spiro atoms. The van der Waals surface area contributed by atoms with Crippen LogP contribution >= 0.6 is 0 Å². The fraction of sp³-hybridized carbons (Fsp3) is 0.231. The lowest BCUT2D eigenvalue weighted by Gasteiger charge is -2.08. The van der Waals surface area contributed by atoms with Gasteiger partial charge in [-0.2, -0.15) is 0 Å². The van der Waals surface area contributed by atoms with Crippen LogP contribution in [0.5, 0.6) is 0 Å². The number of pyridine rings is 2. The van der Waals surface area contributed by atoms with Crippen LogP contribution in [0.25, 0.3) is 0 Å². The van der Waals surface area contributed by atoms with Crippen molar-refractivity contribution < 1.29 is 0 Å². The van der Waals surface area contributed by atoms with Crippen LogP contribution in [-0.2, 0) is 6.54 Å². The van der Waals surface area contributed by atoms with Gasteiger partial charge in [-0.15, -0.1) is 0 Å². The molecular weight excluding hydrogens is 212 g/mol. The van der Waals surface area contributed by atoms with Gasteiger partial charge in [-0.05, 0) is 37.1 Å². The fourth-order valence-corrected chi connectivity index (χ4v) is 1.57. The molecule has 0 aliphatic heterocycles. The van der Waals surface area contributed by atoms with Crippen molar-refractivity contribution >= 4 is 11.5 Å². The number of nitrogen functional groups attached to an aromatic ring is 1. The number of nitrogens with two attached hydrogens (primary N) is 1. The van der Waals surface area contributed by atoms with Gasteiger partial charge in [0.05, 0.1) is 11.9 Å². The first kappa shape index (κ1) is 11.4. The van der Waals surface area contributed by atoms with Gasteiger partial charge in [0.2, 0.25) is 0 Å². The first-order valence-electron chi connectivity index (χ1n) is 5.52. The molecule has 0 atom stereocenters. The second-order valence-corrected chi connectivity index (χ2v) is 4.10. The molecule has 2 aromatic heterocycles. The summed E-state index contributed by atoms with van der Waals surface area (Å²) in [5, 5.41) is 3.27. The highest BCUT2D eigenvalue weighted by Gasteiger charge is 2.00. The molecule has 17 heavy (non-hydrogen) atoms. The van der Waals surface area contributed by atoms with E-state index >= 15 is 0 Å². The molecule has 2 heterocycles. The van der Waals surface area contributed by atoms with E-state index in [1.165, 1.54) is 0 Å². The molecule has 0 saturated carbocycles. The molecule has 0 unspecified atom stereocenters. The molecular formula is C13H16N4. The molecule has 0 aliphatic rings. The minimum Gasteiger partial charge on any atom is -0.397 e. The highest BCUT2D eigenvalue weighted by atomic mass is 15.0. The summed E-state index contributed by atoms with van der Waals surface area (Å²) in [5.74, 6) is 0.861. The first-order valence-corrected chi connectivity index (χ1v) is 5.52. The Hall–Kier alpha value is -2.10. The minimum absolute atomic E-state index is 0.685. The van der Waals surface area contributed by atoms with Crippen molar-refractivity contribution in [1.82, 2.24) is 9.97 Å². The van der Waals surface area contributed by atoms with E-state index < -0.39 is 0 Å².